The maximum atomic E-state index is 9.85. The zero-order valence-electron chi connectivity index (χ0n) is 13.1. The molecule has 0 atom stereocenters. The van der Waals surface area contributed by atoms with E-state index in [1.807, 2.05) is 12.1 Å². The number of halogens is 1. The molecule has 1 heterocycles. The third-order valence-electron chi connectivity index (χ3n) is 4.17. The minimum absolute atomic E-state index is 0.166. The molecule has 0 saturated carbocycles. The van der Waals surface area contributed by atoms with Crippen LogP contribution in [-0.2, 0) is 6.54 Å². The average molecular weight is 357 g/mol. The smallest absolute Gasteiger partial charge is 0.172 e. The van der Waals surface area contributed by atoms with E-state index in [9.17, 15) is 5.11 Å². The number of hydrogen-bond donors (Lipinski definition) is 1. The highest BCUT2D eigenvalue weighted by Gasteiger charge is 2.18. The number of aromatic hydroxyl groups is 1. The standard InChI is InChI=1S/C16H25BrN2O2/c1-18-6-4-12(5-7-18)10-19(2)11-13-8-14(17)16(20)15(9-13)21-3/h8-9,12,20H,4-7,10-11H2,1-3H3. The molecule has 1 aromatic rings. The van der Waals surface area contributed by atoms with Crippen molar-refractivity contribution in [1.29, 1.82) is 0 Å². The number of rotatable bonds is 5. The van der Waals surface area contributed by atoms with Crippen molar-refractivity contribution in [3.05, 3.63) is 22.2 Å². The third-order valence-corrected chi connectivity index (χ3v) is 4.77. The summed E-state index contributed by atoms with van der Waals surface area (Å²) in [6.45, 7) is 4.39. The van der Waals surface area contributed by atoms with Gasteiger partial charge in [0.1, 0.15) is 0 Å². The van der Waals surface area contributed by atoms with Crippen LogP contribution in [0.1, 0.15) is 18.4 Å². The van der Waals surface area contributed by atoms with Crippen LogP contribution in [0.15, 0.2) is 16.6 Å². The summed E-state index contributed by atoms with van der Waals surface area (Å²) in [5, 5.41) is 9.85. The van der Waals surface area contributed by atoms with Crippen LogP contribution in [0.2, 0.25) is 0 Å². The molecule has 21 heavy (non-hydrogen) atoms. The Hall–Kier alpha value is -0.780. The predicted molar refractivity (Wildman–Crippen MR) is 88.9 cm³/mol. The molecule has 0 spiro atoms. The van der Waals surface area contributed by atoms with E-state index in [1.165, 1.54) is 25.9 Å². The maximum Gasteiger partial charge on any atom is 0.172 e. The van der Waals surface area contributed by atoms with Gasteiger partial charge in [-0.15, -0.1) is 0 Å². The van der Waals surface area contributed by atoms with Crippen molar-refractivity contribution in [2.45, 2.75) is 19.4 Å². The molecule has 1 N–H and O–H groups in total. The fourth-order valence-electron chi connectivity index (χ4n) is 2.94. The van der Waals surface area contributed by atoms with Gasteiger partial charge in [0.15, 0.2) is 11.5 Å². The Morgan fingerprint density at radius 3 is 2.67 bits per heavy atom. The van der Waals surface area contributed by atoms with Gasteiger partial charge in [0.2, 0.25) is 0 Å². The topological polar surface area (TPSA) is 35.9 Å². The minimum Gasteiger partial charge on any atom is -0.503 e. The second kappa shape index (κ2) is 7.47. The predicted octanol–water partition coefficient (Wildman–Crippen LogP) is 2.94. The number of piperidine rings is 1. The zero-order chi connectivity index (χ0) is 15.4. The van der Waals surface area contributed by atoms with E-state index in [4.69, 9.17) is 4.74 Å². The summed E-state index contributed by atoms with van der Waals surface area (Å²) >= 11 is 3.38. The van der Waals surface area contributed by atoms with Crippen LogP contribution in [0.3, 0.4) is 0 Å². The highest BCUT2D eigenvalue weighted by molar-refractivity contribution is 9.10. The van der Waals surface area contributed by atoms with Crippen molar-refractivity contribution in [2.75, 3.05) is 40.8 Å². The molecule has 1 aromatic carbocycles. The summed E-state index contributed by atoms with van der Waals surface area (Å²) < 4.78 is 5.89. The first-order chi connectivity index (χ1) is 9.99. The average Bonchev–Trinajstić information content (AvgIpc) is 2.45. The Morgan fingerprint density at radius 1 is 1.38 bits per heavy atom. The Balaban J connectivity index is 1.93. The summed E-state index contributed by atoms with van der Waals surface area (Å²) in [7, 11) is 5.93. The van der Waals surface area contributed by atoms with E-state index in [1.54, 1.807) is 7.11 Å². The largest absolute Gasteiger partial charge is 0.503 e. The number of phenols is 1. The second-order valence-electron chi connectivity index (χ2n) is 6.07. The zero-order valence-corrected chi connectivity index (χ0v) is 14.7. The van der Waals surface area contributed by atoms with Gasteiger partial charge in [0.05, 0.1) is 11.6 Å². The van der Waals surface area contributed by atoms with Crippen molar-refractivity contribution in [1.82, 2.24) is 9.80 Å². The van der Waals surface area contributed by atoms with Crippen LogP contribution in [0, 0.1) is 5.92 Å². The number of benzene rings is 1. The van der Waals surface area contributed by atoms with Crippen molar-refractivity contribution >= 4 is 15.9 Å². The van der Waals surface area contributed by atoms with Crippen LogP contribution < -0.4 is 4.74 Å². The number of likely N-dealkylation sites (tertiary alicyclic amines) is 1. The Labute approximate surface area is 135 Å². The molecular weight excluding hydrogens is 332 g/mol. The fourth-order valence-corrected chi connectivity index (χ4v) is 3.43. The fraction of sp³-hybridized carbons (Fsp3) is 0.625. The van der Waals surface area contributed by atoms with Gasteiger partial charge in [-0.25, -0.2) is 0 Å². The van der Waals surface area contributed by atoms with Gasteiger partial charge in [-0.05, 0) is 79.6 Å². The van der Waals surface area contributed by atoms with Crippen LogP contribution in [0.4, 0.5) is 0 Å². The van der Waals surface area contributed by atoms with Gasteiger partial charge in [-0.1, -0.05) is 0 Å². The van der Waals surface area contributed by atoms with Crippen molar-refractivity contribution in [2.24, 2.45) is 5.92 Å². The Morgan fingerprint density at radius 2 is 2.05 bits per heavy atom. The molecule has 4 nitrogen and oxygen atoms in total. The van der Waals surface area contributed by atoms with Crippen LogP contribution in [-0.4, -0.2) is 55.7 Å². The van der Waals surface area contributed by atoms with E-state index in [0.717, 1.165) is 24.6 Å². The lowest BCUT2D eigenvalue weighted by Gasteiger charge is -2.31. The van der Waals surface area contributed by atoms with E-state index in [-0.39, 0.29) is 5.75 Å². The summed E-state index contributed by atoms with van der Waals surface area (Å²) in [5.41, 5.74) is 1.15. The highest BCUT2D eigenvalue weighted by atomic mass is 79.9. The molecule has 0 unspecified atom stereocenters. The van der Waals surface area contributed by atoms with E-state index in [2.05, 4.69) is 39.8 Å². The number of ether oxygens (including phenoxy) is 1. The Kier molecular flexibility index (Phi) is 5.90. The number of methoxy groups -OCH3 is 1. The van der Waals surface area contributed by atoms with Gasteiger partial charge in [-0.2, -0.15) is 0 Å². The lowest BCUT2D eigenvalue weighted by Crippen LogP contribution is -2.35. The molecule has 0 aromatic heterocycles. The summed E-state index contributed by atoms with van der Waals surface area (Å²) in [5.74, 6) is 1.47. The lowest BCUT2D eigenvalue weighted by atomic mass is 9.96. The molecule has 2 rings (SSSR count). The first-order valence-electron chi connectivity index (χ1n) is 7.42. The molecule has 5 heteroatoms. The molecule has 0 radical (unpaired) electrons. The molecular formula is C16H25BrN2O2. The van der Waals surface area contributed by atoms with E-state index in [0.29, 0.717) is 10.2 Å². The summed E-state index contributed by atoms with van der Waals surface area (Å²) in [4.78, 5) is 4.76. The SMILES string of the molecule is COc1cc(CN(C)CC2CCN(C)CC2)cc(Br)c1O. The minimum atomic E-state index is 0.166. The normalized spacial score (nSPS) is 17.4. The van der Waals surface area contributed by atoms with Crippen molar-refractivity contribution < 1.29 is 9.84 Å². The summed E-state index contributed by atoms with van der Waals surface area (Å²) in [6.07, 6.45) is 2.56. The molecule has 118 valence electrons. The van der Waals surface area contributed by atoms with Crippen LogP contribution in [0.5, 0.6) is 11.5 Å². The molecule has 0 bridgehead atoms. The number of nitrogens with zero attached hydrogens (tertiary/aromatic N) is 2. The molecule has 0 amide bonds. The van der Waals surface area contributed by atoms with Crippen molar-refractivity contribution in [3.63, 3.8) is 0 Å². The van der Waals surface area contributed by atoms with Gasteiger partial charge in [-0.3, -0.25) is 0 Å². The summed E-state index contributed by atoms with van der Waals surface area (Å²) in [6, 6.07) is 3.87. The first-order valence-corrected chi connectivity index (χ1v) is 8.21. The van der Waals surface area contributed by atoms with Crippen molar-refractivity contribution in [3.8, 4) is 11.5 Å². The van der Waals surface area contributed by atoms with Gasteiger partial charge < -0.3 is 19.6 Å². The van der Waals surface area contributed by atoms with E-state index < -0.39 is 0 Å². The first kappa shape index (κ1) is 16.6. The van der Waals surface area contributed by atoms with Gasteiger partial charge in [0.25, 0.3) is 0 Å². The number of hydrogen-bond acceptors (Lipinski definition) is 4. The third kappa shape index (κ3) is 4.59. The Bertz CT molecular complexity index is 474. The molecule has 1 aliphatic rings. The second-order valence-corrected chi connectivity index (χ2v) is 6.93. The maximum absolute atomic E-state index is 9.85. The monoisotopic (exact) mass is 356 g/mol. The highest BCUT2D eigenvalue weighted by Crippen LogP contribution is 2.35. The van der Waals surface area contributed by atoms with Crippen LogP contribution in [0.25, 0.3) is 0 Å². The molecule has 1 aliphatic heterocycles. The lowest BCUT2D eigenvalue weighted by molar-refractivity contribution is 0.173. The quantitative estimate of drug-likeness (QED) is 0.879. The molecule has 1 saturated heterocycles. The van der Waals surface area contributed by atoms with Gasteiger partial charge in [0, 0.05) is 13.1 Å². The number of phenolic OH excluding ortho intramolecular Hbond substituents is 1. The molecule has 1 fully saturated rings. The van der Waals surface area contributed by atoms with Crippen LogP contribution >= 0.6 is 15.9 Å². The molecule has 0 aliphatic carbocycles. The van der Waals surface area contributed by atoms with Gasteiger partial charge >= 0.3 is 0 Å². The van der Waals surface area contributed by atoms with E-state index >= 15 is 0 Å².